The van der Waals surface area contributed by atoms with Gasteiger partial charge in [-0.1, -0.05) is 13.8 Å². The maximum Gasteiger partial charge on any atom is 0.501 e. The first-order valence-electron chi connectivity index (χ1n) is 6.67. The molecule has 0 radical (unpaired) electrons. The van der Waals surface area contributed by atoms with E-state index in [-0.39, 0.29) is 0 Å². The molecular weight excluding hydrogens is 305 g/mol. The van der Waals surface area contributed by atoms with Crippen molar-refractivity contribution in [1.82, 2.24) is 0 Å². The average molecular weight is 326 g/mol. The maximum absolute atomic E-state index is 12.5. The molecule has 1 aromatic rings. The van der Waals surface area contributed by atoms with Gasteiger partial charge in [-0.25, -0.2) is 8.42 Å². The second-order valence-corrected chi connectivity index (χ2v) is 5.66. The summed E-state index contributed by atoms with van der Waals surface area (Å²) < 4.78 is 60.0. The highest BCUT2D eigenvalue weighted by Gasteiger charge is 2.47. The molecule has 0 aliphatic carbocycles. The van der Waals surface area contributed by atoms with Crippen molar-refractivity contribution in [1.29, 1.82) is 0 Å². The van der Waals surface area contributed by atoms with Crippen LogP contribution in [0.1, 0.15) is 27.7 Å². The lowest BCUT2D eigenvalue weighted by atomic mass is 10.2. The van der Waals surface area contributed by atoms with Crippen molar-refractivity contribution in [3.05, 3.63) is 18.2 Å². The molecule has 0 saturated heterocycles. The Balaban J connectivity index is 0.00000191. The summed E-state index contributed by atoms with van der Waals surface area (Å²) in [7, 11) is -5.32. The Kier molecular flexibility index (Phi) is 7.56. The van der Waals surface area contributed by atoms with Gasteiger partial charge in [0.1, 0.15) is 0 Å². The summed E-state index contributed by atoms with van der Waals surface area (Å²) in [6.07, 6.45) is 0. The van der Waals surface area contributed by atoms with E-state index in [0.717, 1.165) is 12.1 Å². The van der Waals surface area contributed by atoms with E-state index < -0.39 is 20.2 Å². The highest BCUT2D eigenvalue weighted by molar-refractivity contribution is 7.92. The van der Waals surface area contributed by atoms with Gasteiger partial charge in [-0.3, -0.25) is 0 Å². The molecule has 0 atom stereocenters. The molecule has 0 saturated carbocycles. The highest BCUT2D eigenvalue weighted by Crippen LogP contribution is 2.33. The van der Waals surface area contributed by atoms with Gasteiger partial charge >= 0.3 is 5.51 Å². The summed E-state index contributed by atoms with van der Waals surface area (Å²) in [4.78, 5) is -0.766. The summed E-state index contributed by atoms with van der Waals surface area (Å²) in [5, 5.41) is 5.77. The first kappa shape index (κ1) is 19.6. The van der Waals surface area contributed by atoms with E-state index in [9.17, 15) is 21.6 Å². The predicted molar refractivity (Wildman–Crippen MR) is 79.4 cm³/mol. The van der Waals surface area contributed by atoms with Crippen molar-refractivity contribution in [3.8, 4) is 0 Å². The SMILES string of the molecule is CC.CCNc1ccc(S(=O)(=O)C(F)(F)F)cc1NCC. The molecule has 8 heteroatoms. The van der Waals surface area contributed by atoms with Crippen LogP contribution in [0, 0.1) is 0 Å². The van der Waals surface area contributed by atoms with Crippen molar-refractivity contribution in [2.24, 2.45) is 0 Å². The lowest BCUT2D eigenvalue weighted by molar-refractivity contribution is -0.0435. The molecule has 2 N–H and O–H groups in total. The monoisotopic (exact) mass is 326 g/mol. The normalized spacial score (nSPS) is 11.4. The van der Waals surface area contributed by atoms with E-state index in [1.807, 2.05) is 20.8 Å². The van der Waals surface area contributed by atoms with Crippen LogP contribution in [0.2, 0.25) is 0 Å². The minimum atomic E-state index is -5.32. The van der Waals surface area contributed by atoms with Gasteiger partial charge < -0.3 is 10.6 Å². The Bertz CT molecular complexity index is 543. The molecule has 0 bridgehead atoms. The smallest absolute Gasteiger partial charge is 0.384 e. The standard InChI is InChI=1S/C11H15F3N2O2S.C2H6/c1-3-15-9-6-5-8(7-10(9)16-4-2)19(17,18)11(12,13)14;1-2/h5-7,15-16H,3-4H2,1-2H3;1-2H3. The largest absolute Gasteiger partial charge is 0.501 e. The Morgan fingerprint density at radius 1 is 1.00 bits per heavy atom. The number of hydrogen-bond donors (Lipinski definition) is 2. The Morgan fingerprint density at radius 3 is 1.90 bits per heavy atom. The zero-order chi connectivity index (χ0) is 16.7. The van der Waals surface area contributed by atoms with Gasteiger partial charge in [-0.15, -0.1) is 0 Å². The van der Waals surface area contributed by atoms with E-state index in [1.54, 1.807) is 6.92 Å². The second-order valence-electron chi connectivity index (χ2n) is 3.72. The number of benzene rings is 1. The number of halogens is 3. The molecule has 1 rings (SSSR count). The molecule has 0 heterocycles. The van der Waals surface area contributed by atoms with Crippen LogP contribution in [0.4, 0.5) is 24.5 Å². The molecule has 122 valence electrons. The summed E-state index contributed by atoms with van der Waals surface area (Å²) in [6, 6.07) is 3.26. The number of nitrogens with one attached hydrogen (secondary N) is 2. The number of sulfone groups is 1. The van der Waals surface area contributed by atoms with Crippen molar-refractivity contribution < 1.29 is 21.6 Å². The average Bonchev–Trinajstić information content (AvgIpc) is 2.42. The van der Waals surface area contributed by atoms with Crippen LogP contribution < -0.4 is 10.6 Å². The van der Waals surface area contributed by atoms with Crippen LogP contribution in [-0.4, -0.2) is 27.0 Å². The fourth-order valence-electron chi connectivity index (χ4n) is 1.51. The van der Waals surface area contributed by atoms with E-state index in [1.165, 1.54) is 6.07 Å². The number of rotatable bonds is 5. The lowest BCUT2D eigenvalue weighted by Crippen LogP contribution is -2.23. The Hall–Kier alpha value is -1.44. The Labute approximate surface area is 123 Å². The van der Waals surface area contributed by atoms with Crippen molar-refractivity contribution in [2.45, 2.75) is 38.1 Å². The van der Waals surface area contributed by atoms with Crippen LogP contribution in [-0.2, 0) is 9.84 Å². The topological polar surface area (TPSA) is 58.2 Å². The molecule has 21 heavy (non-hydrogen) atoms. The number of hydrogen-bond acceptors (Lipinski definition) is 4. The van der Waals surface area contributed by atoms with Crippen LogP contribution in [0.25, 0.3) is 0 Å². The van der Waals surface area contributed by atoms with Gasteiger partial charge in [-0.2, -0.15) is 13.2 Å². The lowest BCUT2D eigenvalue weighted by Gasteiger charge is -2.14. The molecule has 0 aromatic heterocycles. The third kappa shape index (κ3) is 4.80. The molecule has 0 spiro atoms. The van der Waals surface area contributed by atoms with Gasteiger partial charge in [0, 0.05) is 13.1 Å². The number of alkyl halides is 3. The third-order valence-electron chi connectivity index (χ3n) is 2.34. The minimum Gasteiger partial charge on any atom is -0.384 e. The molecule has 0 fully saturated rings. The van der Waals surface area contributed by atoms with E-state index in [0.29, 0.717) is 24.5 Å². The van der Waals surface area contributed by atoms with E-state index in [2.05, 4.69) is 10.6 Å². The van der Waals surface area contributed by atoms with Crippen molar-refractivity contribution in [3.63, 3.8) is 0 Å². The molecule has 0 aliphatic heterocycles. The fraction of sp³-hybridized carbons (Fsp3) is 0.538. The van der Waals surface area contributed by atoms with E-state index >= 15 is 0 Å². The molecule has 0 aliphatic rings. The first-order valence-corrected chi connectivity index (χ1v) is 8.15. The van der Waals surface area contributed by atoms with Crippen molar-refractivity contribution in [2.75, 3.05) is 23.7 Å². The summed E-state index contributed by atoms with van der Waals surface area (Å²) in [5.74, 6) is 0. The van der Waals surface area contributed by atoms with Gasteiger partial charge in [-0.05, 0) is 32.0 Å². The molecule has 4 nitrogen and oxygen atoms in total. The zero-order valence-electron chi connectivity index (χ0n) is 12.5. The van der Waals surface area contributed by atoms with Crippen LogP contribution in [0.5, 0.6) is 0 Å². The van der Waals surface area contributed by atoms with Crippen LogP contribution in [0.3, 0.4) is 0 Å². The quantitative estimate of drug-likeness (QED) is 0.862. The van der Waals surface area contributed by atoms with Crippen LogP contribution >= 0.6 is 0 Å². The summed E-state index contributed by atoms with van der Waals surface area (Å²) >= 11 is 0. The summed E-state index contributed by atoms with van der Waals surface area (Å²) in [5.41, 5.74) is -4.41. The second kappa shape index (κ2) is 8.11. The third-order valence-corrected chi connectivity index (χ3v) is 3.82. The predicted octanol–water partition coefficient (Wildman–Crippen LogP) is 3.87. The molecule has 0 amide bonds. The highest BCUT2D eigenvalue weighted by atomic mass is 32.2. The van der Waals surface area contributed by atoms with Gasteiger partial charge in [0.05, 0.1) is 16.3 Å². The Morgan fingerprint density at radius 2 is 1.48 bits per heavy atom. The minimum absolute atomic E-state index is 0.328. The molecule has 1 aromatic carbocycles. The first-order chi connectivity index (χ1) is 9.74. The van der Waals surface area contributed by atoms with Gasteiger partial charge in [0.2, 0.25) is 0 Å². The van der Waals surface area contributed by atoms with Gasteiger partial charge in [0.15, 0.2) is 0 Å². The van der Waals surface area contributed by atoms with Crippen LogP contribution in [0.15, 0.2) is 23.1 Å². The van der Waals surface area contributed by atoms with Crippen molar-refractivity contribution >= 4 is 21.2 Å². The number of anilines is 2. The van der Waals surface area contributed by atoms with Gasteiger partial charge in [0.25, 0.3) is 9.84 Å². The molecular formula is C13H21F3N2O2S. The van der Waals surface area contributed by atoms with E-state index in [4.69, 9.17) is 0 Å². The fourth-order valence-corrected chi connectivity index (χ4v) is 2.29. The maximum atomic E-state index is 12.5. The zero-order valence-corrected chi connectivity index (χ0v) is 13.3. The summed E-state index contributed by atoms with van der Waals surface area (Å²) in [6.45, 7) is 8.63. The molecule has 0 unspecified atom stereocenters.